The molecule has 2 rings (SSSR count). The smallest absolute Gasteiger partial charge is 0.0257 e. The second-order valence-corrected chi connectivity index (χ2v) is 3.89. The van der Waals surface area contributed by atoms with Crippen LogP contribution in [0.2, 0.25) is 0 Å². The summed E-state index contributed by atoms with van der Waals surface area (Å²) in [6.45, 7) is 6.72. The number of rotatable bonds is 2. The van der Waals surface area contributed by atoms with E-state index in [9.17, 15) is 0 Å². The van der Waals surface area contributed by atoms with Crippen molar-refractivity contribution in [2.24, 2.45) is 0 Å². The first-order valence-corrected chi connectivity index (χ1v) is 5.84. The highest BCUT2D eigenvalue weighted by Gasteiger charge is 2.05. The molecular weight excluding hydrogens is 192 g/mol. The minimum absolute atomic E-state index is 1.31. The molecule has 0 saturated heterocycles. The van der Waals surface area contributed by atoms with E-state index >= 15 is 0 Å². The first kappa shape index (κ1) is 12.5. The fourth-order valence-electron chi connectivity index (χ4n) is 1.76. The number of hydrogen-bond donors (Lipinski definition) is 0. The Hall–Kier alpha value is -1.56. The van der Waals surface area contributed by atoms with E-state index < -0.39 is 0 Å². The van der Waals surface area contributed by atoms with Crippen molar-refractivity contribution in [3.8, 4) is 0 Å². The Bertz CT molecular complexity index is 330. The molecule has 1 aliphatic carbocycles. The highest BCUT2D eigenvalue weighted by atomic mass is 14.1. The van der Waals surface area contributed by atoms with Gasteiger partial charge >= 0.3 is 0 Å². The zero-order valence-electron chi connectivity index (χ0n) is 9.86. The molecule has 1 aliphatic rings. The molecule has 84 valence electrons. The molecule has 0 spiro atoms. The van der Waals surface area contributed by atoms with Gasteiger partial charge in [-0.05, 0) is 31.2 Å². The van der Waals surface area contributed by atoms with Crippen LogP contribution in [0.15, 0.2) is 61.2 Å². The molecule has 1 aromatic rings. The molecule has 0 nitrogen and oxygen atoms in total. The molecule has 0 bridgehead atoms. The van der Waals surface area contributed by atoms with Crippen LogP contribution in [0.3, 0.4) is 0 Å². The van der Waals surface area contributed by atoms with Crippen LogP contribution in [0.25, 0.3) is 6.08 Å². The van der Waals surface area contributed by atoms with Gasteiger partial charge in [0.2, 0.25) is 0 Å². The molecule has 0 atom stereocenters. The summed E-state index contributed by atoms with van der Waals surface area (Å²) < 4.78 is 0. The molecule has 0 radical (unpaired) electrons. The van der Waals surface area contributed by atoms with E-state index in [1.807, 2.05) is 0 Å². The number of hydrogen-bond acceptors (Lipinski definition) is 0. The maximum atomic E-state index is 3.36. The van der Waals surface area contributed by atoms with Crippen molar-refractivity contribution in [2.45, 2.75) is 25.7 Å². The molecule has 1 fully saturated rings. The van der Waals surface area contributed by atoms with Crippen molar-refractivity contribution >= 4 is 6.08 Å². The third-order valence-electron chi connectivity index (χ3n) is 2.58. The molecule has 0 unspecified atom stereocenters. The first-order chi connectivity index (χ1) is 7.86. The molecule has 0 amide bonds. The lowest BCUT2D eigenvalue weighted by atomic mass is 10.1. The fraction of sp³-hybridized carbons (Fsp3) is 0.250. The number of allylic oxidation sites excluding steroid dienone is 3. The lowest BCUT2D eigenvalue weighted by Gasteiger charge is -1.95. The van der Waals surface area contributed by atoms with Gasteiger partial charge in [0, 0.05) is 0 Å². The Kier molecular flexibility index (Phi) is 6.02. The second-order valence-electron chi connectivity index (χ2n) is 3.89. The quantitative estimate of drug-likeness (QED) is 0.605. The Balaban J connectivity index is 0.000000280. The summed E-state index contributed by atoms with van der Waals surface area (Å²) in [5.74, 6) is 0. The van der Waals surface area contributed by atoms with Crippen molar-refractivity contribution in [3.63, 3.8) is 0 Å². The summed E-state index contributed by atoms with van der Waals surface area (Å²) in [5, 5.41) is 0. The first-order valence-electron chi connectivity index (χ1n) is 5.84. The highest BCUT2D eigenvalue weighted by Crippen LogP contribution is 2.25. The van der Waals surface area contributed by atoms with E-state index in [2.05, 4.69) is 49.6 Å². The van der Waals surface area contributed by atoms with Gasteiger partial charge in [-0.2, -0.15) is 0 Å². The highest BCUT2D eigenvalue weighted by molar-refractivity contribution is 5.52. The van der Waals surface area contributed by atoms with Crippen LogP contribution in [0, 0.1) is 0 Å². The molecule has 1 saturated carbocycles. The molecule has 0 aromatic heterocycles. The normalized spacial score (nSPS) is 13.6. The van der Waals surface area contributed by atoms with Gasteiger partial charge in [0.15, 0.2) is 0 Å². The van der Waals surface area contributed by atoms with Gasteiger partial charge in [-0.3, -0.25) is 0 Å². The van der Waals surface area contributed by atoms with E-state index in [-0.39, 0.29) is 0 Å². The average molecular weight is 212 g/mol. The van der Waals surface area contributed by atoms with Gasteiger partial charge in [-0.25, -0.2) is 0 Å². The molecule has 0 N–H and O–H groups in total. The maximum absolute atomic E-state index is 3.36. The summed E-state index contributed by atoms with van der Waals surface area (Å²) in [5.41, 5.74) is 2.98. The fourth-order valence-corrected chi connectivity index (χ4v) is 1.76. The van der Waals surface area contributed by atoms with Crippen LogP contribution in [-0.4, -0.2) is 0 Å². The Morgan fingerprint density at radius 3 is 1.94 bits per heavy atom. The lowest BCUT2D eigenvalue weighted by Crippen LogP contribution is -1.73. The summed E-state index contributed by atoms with van der Waals surface area (Å²) in [6, 6.07) is 10.6. The van der Waals surface area contributed by atoms with Crippen LogP contribution in [0.1, 0.15) is 31.2 Å². The molecular formula is C16H20. The van der Waals surface area contributed by atoms with Gasteiger partial charge in [-0.1, -0.05) is 67.3 Å². The maximum Gasteiger partial charge on any atom is -0.0257 e. The Morgan fingerprint density at radius 1 is 0.875 bits per heavy atom. The third kappa shape index (κ3) is 4.79. The van der Waals surface area contributed by atoms with Crippen molar-refractivity contribution in [1.29, 1.82) is 0 Å². The van der Waals surface area contributed by atoms with E-state index in [0.29, 0.717) is 0 Å². The Morgan fingerprint density at radius 2 is 1.44 bits per heavy atom. The Labute approximate surface area is 99.0 Å². The van der Waals surface area contributed by atoms with Crippen LogP contribution < -0.4 is 0 Å². The van der Waals surface area contributed by atoms with Crippen molar-refractivity contribution in [1.82, 2.24) is 0 Å². The van der Waals surface area contributed by atoms with Gasteiger partial charge in [0.05, 0.1) is 0 Å². The standard InChI is InChI=1S/C12H14.C4H6/c1-2-6-11(7-3-1)10-12-8-4-5-9-12;1-3-4-2/h1-3,6-7,10H,4-5,8-9H2;3-4H,1-2H2. The van der Waals surface area contributed by atoms with Gasteiger partial charge in [-0.15, -0.1) is 0 Å². The van der Waals surface area contributed by atoms with Gasteiger partial charge in [0.25, 0.3) is 0 Å². The minimum Gasteiger partial charge on any atom is -0.0991 e. The molecule has 0 heteroatoms. The summed E-state index contributed by atoms with van der Waals surface area (Å²) >= 11 is 0. The van der Waals surface area contributed by atoms with Crippen LogP contribution in [0.5, 0.6) is 0 Å². The van der Waals surface area contributed by atoms with Gasteiger partial charge in [0.1, 0.15) is 0 Å². The minimum atomic E-state index is 1.31. The summed E-state index contributed by atoms with van der Waals surface area (Å²) in [6.07, 6.45) is 11.0. The van der Waals surface area contributed by atoms with Crippen molar-refractivity contribution in [2.75, 3.05) is 0 Å². The molecule has 16 heavy (non-hydrogen) atoms. The van der Waals surface area contributed by atoms with E-state index in [1.165, 1.54) is 31.2 Å². The predicted octanol–water partition coefficient (Wildman–Crippen LogP) is 5.00. The third-order valence-corrected chi connectivity index (χ3v) is 2.58. The van der Waals surface area contributed by atoms with Crippen molar-refractivity contribution in [3.05, 3.63) is 66.8 Å². The molecule has 1 aromatic carbocycles. The summed E-state index contributed by atoms with van der Waals surface area (Å²) in [4.78, 5) is 0. The topological polar surface area (TPSA) is 0 Å². The summed E-state index contributed by atoms with van der Waals surface area (Å²) in [7, 11) is 0. The van der Waals surface area contributed by atoms with Crippen LogP contribution >= 0.6 is 0 Å². The zero-order chi connectivity index (χ0) is 11.6. The molecule has 0 heterocycles. The SMILES string of the molecule is C(=C1CCCC1)c1ccccc1.C=CC=C. The van der Waals surface area contributed by atoms with E-state index in [1.54, 1.807) is 17.7 Å². The van der Waals surface area contributed by atoms with Crippen LogP contribution in [0.4, 0.5) is 0 Å². The monoisotopic (exact) mass is 212 g/mol. The van der Waals surface area contributed by atoms with Crippen molar-refractivity contribution < 1.29 is 0 Å². The molecule has 0 aliphatic heterocycles. The van der Waals surface area contributed by atoms with E-state index in [4.69, 9.17) is 0 Å². The number of benzene rings is 1. The average Bonchev–Trinajstić information content (AvgIpc) is 2.84. The second kappa shape index (κ2) is 7.70. The van der Waals surface area contributed by atoms with E-state index in [0.717, 1.165) is 0 Å². The van der Waals surface area contributed by atoms with Crippen LogP contribution in [-0.2, 0) is 0 Å². The lowest BCUT2D eigenvalue weighted by molar-refractivity contribution is 0.886. The predicted molar refractivity (Wildman–Crippen MR) is 73.3 cm³/mol. The largest absolute Gasteiger partial charge is 0.0991 e. The zero-order valence-corrected chi connectivity index (χ0v) is 9.86. The van der Waals surface area contributed by atoms with Gasteiger partial charge < -0.3 is 0 Å².